The van der Waals surface area contributed by atoms with Crippen LogP contribution in [0.4, 0.5) is 0 Å². The third-order valence-electron chi connectivity index (χ3n) is 3.16. The summed E-state index contributed by atoms with van der Waals surface area (Å²) in [4.78, 5) is 10.5. The minimum atomic E-state index is -0.944. The average Bonchev–Trinajstić information content (AvgIpc) is 3.14. The van der Waals surface area contributed by atoms with Crippen molar-refractivity contribution in [3.05, 3.63) is 53.9 Å². The SMILES string of the molecule is O=C(O)C=Cc1cccc(-n2ccc(C3CC3)n2)c1. The van der Waals surface area contributed by atoms with Gasteiger partial charge in [0, 0.05) is 18.2 Å². The van der Waals surface area contributed by atoms with Crippen LogP contribution in [-0.4, -0.2) is 20.9 Å². The van der Waals surface area contributed by atoms with Gasteiger partial charge in [-0.15, -0.1) is 0 Å². The van der Waals surface area contributed by atoms with Gasteiger partial charge in [-0.25, -0.2) is 9.48 Å². The molecule has 1 aromatic carbocycles. The molecule has 0 unspecified atom stereocenters. The third-order valence-corrected chi connectivity index (χ3v) is 3.16. The van der Waals surface area contributed by atoms with E-state index < -0.39 is 5.97 Å². The molecule has 1 N–H and O–H groups in total. The third kappa shape index (κ3) is 2.73. The van der Waals surface area contributed by atoms with E-state index in [4.69, 9.17) is 5.11 Å². The summed E-state index contributed by atoms with van der Waals surface area (Å²) in [5.74, 6) is -0.308. The smallest absolute Gasteiger partial charge is 0.328 e. The molecule has 3 rings (SSSR count). The Labute approximate surface area is 111 Å². The van der Waals surface area contributed by atoms with Gasteiger partial charge in [0.1, 0.15) is 0 Å². The van der Waals surface area contributed by atoms with Crippen molar-refractivity contribution >= 4 is 12.0 Å². The Kier molecular flexibility index (Phi) is 2.91. The van der Waals surface area contributed by atoms with Crippen LogP contribution in [0.5, 0.6) is 0 Å². The molecule has 19 heavy (non-hydrogen) atoms. The Bertz CT molecular complexity index is 639. The van der Waals surface area contributed by atoms with Crippen molar-refractivity contribution in [3.8, 4) is 5.69 Å². The number of carbonyl (C=O) groups is 1. The van der Waals surface area contributed by atoms with E-state index in [0.717, 1.165) is 23.0 Å². The van der Waals surface area contributed by atoms with Gasteiger partial charge in [0.25, 0.3) is 0 Å². The lowest BCUT2D eigenvalue weighted by Crippen LogP contribution is -1.96. The van der Waals surface area contributed by atoms with E-state index in [2.05, 4.69) is 11.2 Å². The number of carboxylic acids is 1. The first-order valence-corrected chi connectivity index (χ1v) is 6.29. The molecule has 0 amide bonds. The predicted molar refractivity (Wildman–Crippen MR) is 72.2 cm³/mol. The lowest BCUT2D eigenvalue weighted by atomic mass is 10.2. The molecule has 4 heteroatoms. The van der Waals surface area contributed by atoms with Crippen molar-refractivity contribution in [2.75, 3.05) is 0 Å². The lowest BCUT2D eigenvalue weighted by Gasteiger charge is -2.02. The molecule has 2 aromatic rings. The Morgan fingerprint density at radius 3 is 2.95 bits per heavy atom. The maximum absolute atomic E-state index is 10.5. The zero-order valence-electron chi connectivity index (χ0n) is 10.4. The van der Waals surface area contributed by atoms with Crippen LogP contribution in [0, 0.1) is 0 Å². The molecule has 0 saturated heterocycles. The highest BCUT2D eigenvalue weighted by molar-refractivity contribution is 5.85. The predicted octanol–water partition coefficient (Wildman–Crippen LogP) is 2.85. The summed E-state index contributed by atoms with van der Waals surface area (Å²) in [5, 5.41) is 13.2. The molecular weight excluding hydrogens is 240 g/mol. The Hall–Kier alpha value is -2.36. The quantitative estimate of drug-likeness (QED) is 0.853. The van der Waals surface area contributed by atoms with E-state index in [0.29, 0.717) is 5.92 Å². The zero-order valence-corrected chi connectivity index (χ0v) is 10.4. The molecule has 1 saturated carbocycles. The van der Waals surface area contributed by atoms with Gasteiger partial charge in [-0.05, 0) is 42.7 Å². The van der Waals surface area contributed by atoms with E-state index in [1.54, 1.807) is 6.08 Å². The van der Waals surface area contributed by atoms with E-state index in [9.17, 15) is 4.79 Å². The second-order valence-corrected chi connectivity index (χ2v) is 4.73. The monoisotopic (exact) mass is 254 g/mol. The highest BCUT2D eigenvalue weighted by Crippen LogP contribution is 2.39. The Morgan fingerprint density at radius 2 is 2.21 bits per heavy atom. The van der Waals surface area contributed by atoms with Crippen LogP contribution in [0.2, 0.25) is 0 Å². The van der Waals surface area contributed by atoms with Crippen LogP contribution < -0.4 is 0 Å². The highest BCUT2D eigenvalue weighted by atomic mass is 16.4. The number of hydrogen-bond acceptors (Lipinski definition) is 2. The molecule has 0 atom stereocenters. The molecule has 1 aromatic heterocycles. The summed E-state index contributed by atoms with van der Waals surface area (Å²) in [5.41, 5.74) is 2.94. The van der Waals surface area contributed by atoms with Gasteiger partial charge in [0.15, 0.2) is 0 Å². The zero-order chi connectivity index (χ0) is 13.2. The number of nitrogens with zero attached hydrogens (tertiary/aromatic N) is 2. The summed E-state index contributed by atoms with van der Waals surface area (Å²) in [6.07, 6.45) is 7.14. The van der Waals surface area contributed by atoms with Crippen LogP contribution in [0.1, 0.15) is 30.0 Å². The second-order valence-electron chi connectivity index (χ2n) is 4.73. The van der Waals surface area contributed by atoms with Crippen molar-refractivity contribution in [1.29, 1.82) is 0 Å². The Balaban J connectivity index is 1.86. The van der Waals surface area contributed by atoms with Crippen LogP contribution >= 0.6 is 0 Å². The van der Waals surface area contributed by atoms with Crippen molar-refractivity contribution in [3.63, 3.8) is 0 Å². The van der Waals surface area contributed by atoms with Gasteiger partial charge in [-0.2, -0.15) is 5.10 Å². The molecule has 0 bridgehead atoms. The molecule has 1 fully saturated rings. The number of aromatic nitrogens is 2. The van der Waals surface area contributed by atoms with E-state index in [1.807, 2.05) is 35.1 Å². The van der Waals surface area contributed by atoms with Crippen LogP contribution in [0.3, 0.4) is 0 Å². The number of benzene rings is 1. The average molecular weight is 254 g/mol. The first-order valence-electron chi connectivity index (χ1n) is 6.29. The van der Waals surface area contributed by atoms with Crippen molar-refractivity contribution < 1.29 is 9.90 Å². The summed E-state index contributed by atoms with van der Waals surface area (Å²) < 4.78 is 1.84. The topological polar surface area (TPSA) is 55.1 Å². The minimum absolute atomic E-state index is 0.635. The number of aliphatic carboxylic acids is 1. The van der Waals surface area contributed by atoms with E-state index in [-0.39, 0.29) is 0 Å². The number of carboxylic acid groups (broad SMARTS) is 1. The maximum atomic E-state index is 10.5. The Morgan fingerprint density at radius 1 is 1.37 bits per heavy atom. The molecule has 1 aliphatic carbocycles. The minimum Gasteiger partial charge on any atom is -0.478 e. The molecule has 0 aliphatic heterocycles. The summed E-state index contributed by atoms with van der Waals surface area (Å²) >= 11 is 0. The lowest BCUT2D eigenvalue weighted by molar-refractivity contribution is -0.131. The molecule has 96 valence electrons. The highest BCUT2D eigenvalue weighted by Gasteiger charge is 2.25. The van der Waals surface area contributed by atoms with E-state index >= 15 is 0 Å². The van der Waals surface area contributed by atoms with Gasteiger partial charge in [0.05, 0.1) is 11.4 Å². The van der Waals surface area contributed by atoms with Crippen LogP contribution in [0.15, 0.2) is 42.6 Å². The number of hydrogen-bond donors (Lipinski definition) is 1. The van der Waals surface area contributed by atoms with Gasteiger partial charge < -0.3 is 5.11 Å². The summed E-state index contributed by atoms with van der Waals surface area (Å²) in [7, 11) is 0. The van der Waals surface area contributed by atoms with Gasteiger partial charge in [0.2, 0.25) is 0 Å². The normalized spacial score (nSPS) is 14.9. The molecule has 0 radical (unpaired) electrons. The van der Waals surface area contributed by atoms with Gasteiger partial charge in [-0.3, -0.25) is 0 Å². The van der Waals surface area contributed by atoms with Crippen LogP contribution in [-0.2, 0) is 4.79 Å². The molecular formula is C15H14N2O2. The molecule has 1 aliphatic rings. The van der Waals surface area contributed by atoms with Gasteiger partial charge in [-0.1, -0.05) is 12.1 Å². The van der Waals surface area contributed by atoms with Crippen molar-refractivity contribution in [2.24, 2.45) is 0 Å². The molecule has 0 spiro atoms. The maximum Gasteiger partial charge on any atom is 0.328 e. The number of rotatable bonds is 4. The fraction of sp³-hybridized carbons (Fsp3) is 0.200. The second kappa shape index (κ2) is 4.72. The fourth-order valence-corrected chi connectivity index (χ4v) is 2.02. The van der Waals surface area contributed by atoms with Crippen molar-refractivity contribution in [1.82, 2.24) is 9.78 Å². The van der Waals surface area contributed by atoms with Crippen molar-refractivity contribution in [2.45, 2.75) is 18.8 Å². The summed E-state index contributed by atoms with van der Waals surface area (Å²) in [6, 6.07) is 9.70. The van der Waals surface area contributed by atoms with Crippen LogP contribution in [0.25, 0.3) is 11.8 Å². The first kappa shape index (κ1) is 11.7. The fourth-order valence-electron chi connectivity index (χ4n) is 2.02. The van der Waals surface area contributed by atoms with E-state index in [1.165, 1.54) is 12.8 Å². The summed E-state index contributed by atoms with van der Waals surface area (Å²) in [6.45, 7) is 0. The molecule has 1 heterocycles. The molecule has 4 nitrogen and oxygen atoms in total. The first-order chi connectivity index (χ1) is 9.22. The standard InChI is InChI=1S/C15H14N2O2/c18-15(19)7-4-11-2-1-3-13(10-11)17-9-8-14(16-17)12-5-6-12/h1-4,7-10,12H,5-6H2,(H,18,19). The van der Waals surface area contributed by atoms with Gasteiger partial charge >= 0.3 is 5.97 Å². The largest absolute Gasteiger partial charge is 0.478 e.